The van der Waals surface area contributed by atoms with Gasteiger partial charge in [-0.15, -0.1) is 13.2 Å². The normalized spacial score (nSPS) is 12.8. The average Bonchev–Trinajstić information content (AvgIpc) is 2.47. The molecule has 8 heteroatoms. The fourth-order valence-electron chi connectivity index (χ4n) is 1.81. The summed E-state index contributed by atoms with van der Waals surface area (Å²) in [5.41, 5.74) is 6.59. The van der Waals surface area contributed by atoms with E-state index in [-0.39, 0.29) is 5.56 Å². The molecule has 1 heterocycles. The molecule has 2 aromatic rings. The summed E-state index contributed by atoms with van der Waals surface area (Å²) in [5.74, 6) is -1.75. The van der Waals surface area contributed by atoms with Gasteiger partial charge in [-0.25, -0.2) is 9.37 Å². The molecule has 0 spiro atoms. The quantitative estimate of drug-likeness (QED) is 0.880. The third kappa shape index (κ3) is 3.85. The number of hydrogen-bond acceptors (Lipinski definition) is 4. The number of hydrogen-bond donors (Lipinski definition) is 1. The summed E-state index contributed by atoms with van der Waals surface area (Å²) in [6.45, 7) is 0. The molecule has 118 valence electrons. The third-order valence-corrected chi connectivity index (χ3v) is 2.81. The number of benzene rings is 1. The molecular formula is C14H12F4N2O2. The molecule has 0 saturated carbocycles. The van der Waals surface area contributed by atoms with E-state index in [0.717, 1.165) is 12.1 Å². The second-order valence-electron chi connectivity index (χ2n) is 4.32. The van der Waals surface area contributed by atoms with E-state index in [2.05, 4.69) is 9.72 Å². The highest BCUT2D eigenvalue weighted by molar-refractivity contribution is 5.35. The highest BCUT2D eigenvalue weighted by atomic mass is 19.4. The Morgan fingerprint density at radius 3 is 2.50 bits per heavy atom. The van der Waals surface area contributed by atoms with Crippen molar-refractivity contribution in [2.75, 3.05) is 7.11 Å². The van der Waals surface area contributed by atoms with Gasteiger partial charge in [-0.2, -0.15) is 0 Å². The molecule has 0 bridgehead atoms. The van der Waals surface area contributed by atoms with Crippen LogP contribution < -0.4 is 15.2 Å². The van der Waals surface area contributed by atoms with Crippen LogP contribution in [0.3, 0.4) is 0 Å². The van der Waals surface area contributed by atoms with Crippen LogP contribution in [-0.2, 0) is 0 Å². The molecule has 1 atom stereocenters. The van der Waals surface area contributed by atoms with Crippen molar-refractivity contribution in [3.05, 3.63) is 53.5 Å². The molecular weight excluding hydrogens is 304 g/mol. The summed E-state index contributed by atoms with van der Waals surface area (Å²) in [6, 6.07) is 7.05. The van der Waals surface area contributed by atoms with Gasteiger partial charge in [-0.05, 0) is 23.8 Å². The number of nitrogens with two attached hydrogens (primary N) is 1. The Kier molecular flexibility index (Phi) is 4.51. The molecule has 4 nitrogen and oxygen atoms in total. The molecule has 2 rings (SSSR count). The third-order valence-electron chi connectivity index (χ3n) is 2.81. The molecule has 0 radical (unpaired) electrons. The first-order valence-electron chi connectivity index (χ1n) is 6.12. The number of alkyl halides is 3. The lowest BCUT2D eigenvalue weighted by molar-refractivity contribution is -0.275. The molecule has 0 aliphatic rings. The lowest BCUT2D eigenvalue weighted by Gasteiger charge is -2.14. The molecule has 0 saturated heterocycles. The predicted octanol–water partition coefficient (Wildman–Crippen LogP) is 3.18. The lowest BCUT2D eigenvalue weighted by atomic mass is 10.0. The fraction of sp³-hybridized carbons (Fsp3) is 0.214. The molecule has 0 aliphatic heterocycles. The minimum Gasteiger partial charge on any atom is -0.481 e. The van der Waals surface area contributed by atoms with Crippen molar-refractivity contribution in [2.24, 2.45) is 5.73 Å². The molecule has 0 aliphatic carbocycles. The van der Waals surface area contributed by atoms with Crippen LogP contribution in [0.15, 0.2) is 36.4 Å². The van der Waals surface area contributed by atoms with Crippen LogP contribution in [0.2, 0.25) is 0 Å². The van der Waals surface area contributed by atoms with Gasteiger partial charge in [0.1, 0.15) is 0 Å². The highest BCUT2D eigenvalue weighted by Gasteiger charge is 2.32. The highest BCUT2D eigenvalue weighted by Crippen LogP contribution is 2.28. The average molecular weight is 316 g/mol. The maximum Gasteiger partial charge on any atom is 0.573 e. The Morgan fingerprint density at radius 2 is 1.91 bits per heavy atom. The zero-order chi connectivity index (χ0) is 16.3. The van der Waals surface area contributed by atoms with Crippen molar-refractivity contribution in [3.63, 3.8) is 0 Å². The van der Waals surface area contributed by atoms with Gasteiger partial charge in [0.2, 0.25) is 5.88 Å². The van der Waals surface area contributed by atoms with Gasteiger partial charge in [-0.1, -0.05) is 12.1 Å². The number of aromatic nitrogens is 1. The lowest BCUT2D eigenvalue weighted by Crippen LogP contribution is -2.18. The van der Waals surface area contributed by atoms with E-state index in [4.69, 9.17) is 10.5 Å². The van der Waals surface area contributed by atoms with Gasteiger partial charge in [0.15, 0.2) is 11.6 Å². The van der Waals surface area contributed by atoms with Gasteiger partial charge in [0, 0.05) is 6.07 Å². The summed E-state index contributed by atoms with van der Waals surface area (Å²) >= 11 is 0. The second kappa shape index (κ2) is 6.18. The number of nitrogens with zero attached hydrogens (tertiary/aromatic N) is 1. The van der Waals surface area contributed by atoms with Gasteiger partial charge >= 0.3 is 6.36 Å². The molecule has 2 N–H and O–H groups in total. The Hall–Kier alpha value is -2.35. The smallest absolute Gasteiger partial charge is 0.481 e. The molecule has 0 amide bonds. The largest absolute Gasteiger partial charge is 0.573 e. The van der Waals surface area contributed by atoms with E-state index in [1.807, 2.05) is 0 Å². The fourth-order valence-corrected chi connectivity index (χ4v) is 1.81. The maximum absolute atomic E-state index is 13.7. The Labute approximate surface area is 123 Å². The van der Waals surface area contributed by atoms with Crippen molar-refractivity contribution in [3.8, 4) is 11.6 Å². The molecule has 1 aromatic carbocycles. The molecule has 0 fully saturated rings. The van der Waals surface area contributed by atoms with E-state index in [1.54, 1.807) is 18.2 Å². The second-order valence-corrected chi connectivity index (χ2v) is 4.32. The van der Waals surface area contributed by atoms with Crippen LogP contribution >= 0.6 is 0 Å². The van der Waals surface area contributed by atoms with Crippen LogP contribution in [0.5, 0.6) is 11.6 Å². The first kappa shape index (κ1) is 16.0. The Bertz CT molecular complexity index is 662. The standard InChI is InChI=1S/C14H12F4N2O2/c1-21-12-4-2-3-10(20-12)13(19)8-5-6-11(9(15)7-8)22-14(16,17)18/h2-7,13H,19H2,1H3. The maximum atomic E-state index is 13.7. The monoisotopic (exact) mass is 316 g/mol. The van der Waals surface area contributed by atoms with Crippen LogP contribution in [0, 0.1) is 5.82 Å². The van der Waals surface area contributed by atoms with Crippen molar-refractivity contribution in [1.82, 2.24) is 4.98 Å². The van der Waals surface area contributed by atoms with Crippen molar-refractivity contribution < 1.29 is 27.0 Å². The zero-order valence-corrected chi connectivity index (χ0v) is 11.4. The molecule has 1 unspecified atom stereocenters. The van der Waals surface area contributed by atoms with E-state index in [1.165, 1.54) is 13.2 Å². The first-order chi connectivity index (χ1) is 10.3. The minimum atomic E-state index is -4.96. The van der Waals surface area contributed by atoms with E-state index in [0.29, 0.717) is 11.6 Å². The predicted molar refractivity (Wildman–Crippen MR) is 69.9 cm³/mol. The van der Waals surface area contributed by atoms with E-state index in [9.17, 15) is 17.6 Å². The van der Waals surface area contributed by atoms with Gasteiger partial charge in [0.05, 0.1) is 18.8 Å². The van der Waals surface area contributed by atoms with Crippen LogP contribution in [0.4, 0.5) is 17.6 Å². The van der Waals surface area contributed by atoms with E-state index < -0.39 is 24.0 Å². The number of halogens is 4. The topological polar surface area (TPSA) is 57.4 Å². The zero-order valence-electron chi connectivity index (χ0n) is 11.4. The summed E-state index contributed by atoms with van der Waals surface area (Å²) in [6.07, 6.45) is -4.96. The minimum absolute atomic E-state index is 0.257. The van der Waals surface area contributed by atoms with Crippen LogP contribution in [0.25, 0.3) is 0 Å². The summed E-state index contributed by atoms with van der Waals surface area (Å²) < 4.78 is 58.5. The summed E-state index contributed by atoms with van der Waals surface area (Å²) in [5, 5.41) is 0. The summed E-state index contributed by atoms with van der Waals surface area (Å²) in [7, 11) is 1.43. The number of rotatable bonds is 4. The molecule has 1 aromatic heterocycles. The molecule has 22 heavy (non-hydrogen) atoms. The van der Waals surface area contributed by atoms with Crippen LogP contribution in [0.1, 0.15) is 17.3 Å². The Balaban J connectivity index is 2.27. The summed E-state index contributed by atoms with van der Waals surface area (Å²) in [4.78, 5) is 4.10. The number of pyridine rings is 1. The van der Waals surface area contributed by atoms with Crippen molar-refractivity contribution in [2.45, 2.75) is 12.4 Å². The number of methoxy groups -OCH3 is 1. The van der Waals surface area contributed by atoms with Crippen molar-refractivity contribution >= 4 is 0 Å². The van der Waals surface area contributed by atoms with E-state index >= 15 is 0 Å². The van der Waals surface area contributed by atoms with Crippen LogP contribution in [-0.4, -0.2) is 18.5 Å². The van der Waals surface area contributed by atoms with Gasteiger partial charge < -0.3 is 15.2 Å². The van der Waals surface area contributed by atoms with Crippen molar-refractivity contribution in [1.29, 1.82) is 0 Å². The SMILES string of the molecule is COc1cccc(C(N)c2ccc(OC(F)(F)F)c(F)c2)n1. The van der Waals surface area contributed by atoms with Gasteiger partial charge in [0.25, 0.3) is 0 Å². The Morgan fingerprint density at radius 1 is 1.18 bits per heavy atom. The van der Waals surface area contributed by atoms with Gasteiger partial charge in [-0.3, -0.25) is 0 Å². The first-order valence-corrected chi connectivity index (χ1v) is 6.12. The number of ether oxygens (including phenoxy) is 2.